The number of halogens is 1. The largest absolute Gasteiger partial charge is 0.492 e. The maximum absolute atomic E-state index is 12.6. The van der Waals surface area contributed by atoms with Gasteiger partial charge in [0.15, 0.2) is 0 Å². The summed E-state index contributed by atoms with van der Waals surface area (Å²) in [5, 5.41) is 15.9. The minimum atomic E-state index is -0.597. The van der Waals surface area contributed by atoms with Crippen molar-refractivity contribution in [2.45, 2.75) is 25.3 Å². The van der Waals surface area contributed by atoms with Crippen LogP contribution < -0.4 is 20.9 Å². The number of rotatable bonds is 12. The highest BCUT2D eigenvalue weighted by Crippen LogP contribution is 2.25. The highest BCUT2D eigenvalue weighted by molar-refractivity contribution is 5.96. The van der Waals surface area contributed by atoms with Crippen LogP contribution in [-0.4, -0.2) is 56.0 Å². The lowest BCUT2D eigenvalue weighted by Crippen LogP contribution is -2.27. The third-order valence-corrected chi connectivity index (χ3v) is 5.97. The predicted octanol–water partition coefficient (Wildman–Crippen LogP) is 3.71. The Hall–Kier alpha value is -3.37. The van der Waals surface area contributed by atoms with E-state index in [1.165, 1.54) is 31.1 Å². The Kier molecular flexibility index (Phi) is 11.0. The molecule has 3 aromatic rings. The molecule has 0 spiro atoms. The second-order valence-electron chi connectivity index (χ2n) is 8.56. The van der Waals surface area contributed by atoms with Crippen molar-refractivity contribution in [3.05, 3.63) is 72.0 Å². The van der Waals surface area contributed by atoms with Gasteiger partial charge in [0.25, 0.3) is 5.91 Å². The van der Waals surface area contributed by atoms with Gasteiger partial charge in [0.2, 0.25) is 5.91 Å². The summed E-state index contributed by atoms with van der Waals surface area (Å²) in [7, 11) is 0. The summed E-state index contributed by atoms with van der Waals surface area (Å²) in [6.45, 7) is 2.46. The van der Waals surface area contributed by atoms with Crippen LogP contribution in [0.2, 0.25) is 0 Å². The Labute approximate surface area is 221 Å². The van der Waals surface area contributed by atoms with Gasteiger partial charge in [-0.05, 0) is 62.2 Å². The first kappa shape index (κ1) is 28.2. The lowest BCUT2D eigenvalue weighted by atomic mass is 10.1. The molecule has 1 aliphatic rings. The summed E-state index contributed by atoms with van der Waals surface area (Å²) < 4.78 is 17.5. The van der Waals surface area contributed by atoms with E-state index < -0.39 is 5.91 Å². The molecule has 0 aliphatic carbocycles. The zero-order chi connectivity index (χ0) is 25.2. The molecule has 4 rings (SSSR count). The third kappa shape index (κ3) is 8.33. The van der Waals surface area contributed by atoms with Crippen LogP contribution in [0.3, 0.4) is 0 Å². The van der Waals surface area contributed by atoms with Crippen LogP contribution in [0.5, 0.6) is 5.75 Å². The highest BCUT2D eigenvalue weighted by atomic mass is 35.5. The molecular weight excluding hydrogens is 498 g/mol. The molecular formula is C27H32ClN3O6. The van der Waals surface area contributed by atoms with Crippen LogP contribution in [0, 0.1) is 0 Å². The number of carbonyl (C=O) groups is 2. The number of nitrogens with one attached hydrogen (secondary N) is 3. The van der Waals surface area contributed by atoms with Gasteiger partial charge < -0.3 is 24.5 Å². The minimum absolute atomic E-state index is 0. The second-order valence-corrected chi connectivity index (χ2v) is 8.56. The number of benzene rings is 2. The normalized spacial score (nSPS) is 15.3. The Balaban J connectivity index is 0.00000380. The van der Waals surface area contributed by atoms with Gasteiger partial charge in [-0.3, -0.25) is 14.8 Å². The summed E-state index contributed by atoms with van der Waals surface area (Å²) in [6.07, 6.45) is 4.81. The minimum Gasteiger partial charge on any atom is -0.492 e. The molecule has 2 aromatic carbocycles. The first-order valence-corrected chi connectivity index (χ1v) is 12.1. The van der Waals surface area contributed by atoms with Crippen LogP contribution in [0.15, 0.2) is 65.1 Å². The fraction of sp³-hybridized carbons (Fsp3) is 0.333. The van der Waals surface area contributed by atoms with E-state index in [1.807, 2.05) is 30.3 Å². The van der Waals surface area contributed by atoms with E-state index in [4.69, 9.17) is 19.1 Å². The zero-order valence-electron chi connectivity index (χ0n) is 20.4. The summed E-state index contributed by atoms with van der Waals surface area (Å²) in [5.41, 5.74) is 3.31. The molecule has 4 N–H and O–H groups in total. The van der Waals surface area contributed by atoms with E-state index >= 15 is 0 Å². The van der Waals surface area contributed by atoms with Gasteiger partial charge >= 0.3 is 0 Å². The molecule has 0 saturated carbocycles. The summed E-state index contributed by atoms with van der Waals surface area (Å²) >= 11 is 0. The van der Waals surface area contributed by atoms with Crippen LogP contribution in [0.4, 0.5) is 0 Å². The molecule has 2 amide bonds. The van der Waals surface area contributed by atoms with Crippen molar-refractivity contribution in [2.75, 3.05) is 32.9 Å². The van der Waals surface area contributed by atoms with Crippen molar-refractivity contribution in [1.29, 1.82) is 0 Å². The SMILES string of the molecule is Cl.O=C(C=C(COCCC1CCCN1)c1cc2ccccc2o1)NCCOc1ccc(C(=O)NO)cc1. The Morgan fingerprint density at radius 1 is 1.14 bits per heavy atom. The summed E-state index contributed by atoms with van der Waals surface area (Å²) in [5.74, 6) is 0.279. The number of ether oxygens (including phenoxy) is 2. The van der Waals surface area contributed by atoms with Crippen molar-refractivity contribution in [2.24, 2.45) is 0 Å². The standard InChI is InChI=1S/C27H31N3O6.ClH/c31-26(29-13-15-35-23-9-7-19(8-10-23)27(32)30-33)17-21(18-34-14-11-22-5-3-12-28-22)25-16-20-4-1-2-6-24(20)36-25;/h1-2,4,6-10,16-17,22,28,33H,3,5,11-15,18H2,(H,29,31)(H,30,32);1H. The number of hydrogen-bond donors (Lipinski definition) is 4. The molecule has 1 fully saturated rings. The van der Waals surface area contributed by atoms with Gasteiger partial charge in [0.1, 0.15) is 23.7 Å². The Bertz CT molecular complexity index is 1160. The van der Waals surface area contributed by atoms with E-state index in [-0.39, 0.29) is 38.1 Å². The molecule has 0 radical (unpaired) electrons. The van der Waals surface area contributed by atoms with Crippen LogP contribution >= 0.6 is 12.4 Å². The fourth-order valence-electron chi connectivity index (χ4n) is 4.05. The smallest absolute Gasteiger partial charge is 0.274 e. The third-order valence-electron chi connectivity index (χ3n) is 5.97. The van der Waals surface area contributed by atoms with Gasteiger partial charge in [-0.2, -0.15) is 0 Å². The van der Waals surface area contributed by atoms with Gasteiger partial charge in [0, 0.05) is 35.2 Å². The van der Waals surface area contributed by atoms with Gasteiger partial charge in [0.05, 0.1) is 13.2 Å². The first-order chi connectivity index (χ1) is 17.6. The molecule has 9 nitrogen and oxygen atoms in total. The molecule has 37 heavy (non-hydrogen) atoms. The van der Waals surface area contributed by atoms with Crippen molar-refractivity contribution < 1.29 is 28.7 Å². The molecule has 2 heterocycles. The van der Waals surface area contributed by atoms with E-state index in [0.29, 0.717) is 35.3 Å². The molecule has 1 aromatic heterocycles. The van der Waals surface area contributed by atoms with Crippen molar-refractivity contribution in [3.63, 3.8) is 0 Å². The lowest BCUT2D eigenvalue weighted by molar-refractivity contribution is -0.116. The summed E-state index contributed by atoms with van der Waals surface area (Å²) in [6, 6.07) is 16.4. The fourth-order valence-corrected chi connectivity index (χ4v) is 4.05. The van der Waals surface area contributed by atoms with Gasteiger partial charge in [-0.25, -0.2) is 5.48 Å². The van der Waals surface area contributed by atoms with Gasteiger partial charge in [-0.1, -0.05) is 18.2 Å². The molecule has 0 bridgehead atoms. The molecule has 1 unspecified atom stereocenters. The van der Waals surface area contributed by atoms with Crippen LogP contribution in [0.25, 0.3) is 16.5 Å². The maximum Gasteiger partial charge on any atom is 0.274 e. The second kappa shape index (κ2) is 14.4. The molecule has 10 heteroatoms. The molecule has 1 aliphatic heterocycles. The molecule has 1 atom stereocenters. The molecule has 1 saturated heterocycles. The highest BCUT2D eigenvalue weighted by Gasteiger charge is 2.15. The topological polar surface area (TPSA) is 122 Å². The Morgan fingerprint density at radius 3 is 2.68 bits per heavy atom. The van der Waals surface area contributed by atoms with E-state index in [9.17, 15) is 9.59 Å². The van der Waals surface area contributed by atoms with Crippen molar-refractivity contribution in [3.8, 4) is 5.75 Å². The average Bonchev–Trinajstić information content (AvgIpc) is 3.58. The van der Waals surface area contributed by atoms with E-state index in [0.717, 1.165) is 23.9 Å². The van der Waals surface area contributed by atoms with Crippen molar-refractivity contribution in [1.82, 2.24) is 16.1 Å². The molecule has 198 valence electrons. The number of fused-ring (bicyclic) bond motifs is 1. The number of carbonyl (C=O) groups excluding carboxylic acids is 2. The predicted molar refractivity (Wildman–Crippen MR) is 142 cm³/mol. The van der Waals surface area contributed by atoms with Crippen molar-refractivity contribution >= 4 is 40.8 Å². The zero-order valence-corrected chi connectivity index (χ0v) is 21.2. The number of hydroxylamine groups is 1. The quantitative estimate of drug-likeness (QED) is 0.122. The number of hydrogen-bond acceptors (Lipinski definition) is 7. The van der Waals surface area contributed by atoms with Crippen LogP contribution in [0.1, 0.15) is 35.4 Å². The van der Waals surface area contributed by atoms with E-state index in [2.05, 4.69) is 10.6 Å². The Morgan fingerprint density at radius 2 is 1.95 bits per heavy atom. The van der Waals surface area contributed by atoms with Crippen LogP contribution in [-0.2, 0) is 9.53 Å². The summed E-state index contributed by atoms with van der Waals surface area (Å²) in [4.78, 5) is 24.0. The lowest BCUT2D eigenvalue weighted by Gasteiger charge is -2.11. The first-order valence-electron chi connectivity index (χ1n) is 12.1. The monoisotopic (exact) mass is 529 g/mol. The maximum atomic E-state index is 12.6. The number of amides is 2. The van der Waals surface area contributed by atoms with E-state index in [1.54, 1.807) is 17.6 Å². The average molecular weight is 530 g/mol. The number of furan rings is 1. The number of para-hydroxylation sites is 1. The van der Waals surface area contributed by atoms with Gasteiger partial charge in [-0.15, -0.1) is 12.4 Å².